The van der Waals surface area contributed by atoms with Gasteiger partial charge in [0.25, 0.3) is 0 Å². The van der Waals surface area contributed by atoms with Gasteiger partial charge in [-0.3, -0.25) is 9.59 Å². The van der Waals surface area contributed by atoms with Gasteiger partial charge < -0.3 is 20.5 Å². The first-order valence-electron chi connectivity index (χ1n) is 5.34. The predicted octanol–water partition coefficient (Wildman–Crippen LogP) is -0.859. The van der Waals surface area contributed by atoms with Gasteiger partial charge in [0.2, 0.25) is 5.91 Å². The van der Waals surface area contributed by atoms with Crippen LogP contribution in [0.15, 0.2) is 0 Å². The Balaban J connectivity index is 2.39. The minimum Gasteiger partial charge on any atom is -0.481 e. The number of carbonyl (C=O) groups is 2. The van der Waals surface area contributed by atoms with Crippen LogP contribution in [0.2, 0.25) is 0 Å². The lowest BCUT2D eigenvalue weighted by atomic mass is 9.99. The number of ether oxygens (including phenoxy) is 1. The molecule has 1 aliphatic heterocycles. The van der Waals surface area contributed by atoms with E-state index in [0.29, 0.717) is 19.7 Å². The zero-order chi connectivity index (χ0) is 12.1. The monoisotopic (exact) mass is 230 g/mol. The van der Waals surface area contributed by atoms with Gasteiger partial charge >= 0.3 is 5.97 Å². The van der Waals surface area contributed by atoms with Crippen molar-refractivity contribution in [3.63, 3.8) is 0 Å². The van der Waals surface area contributed by atoms with Crippen molar-refractivity contribution in [1.82, 2.24) is 4.90 Å². The van der Waals surface area contributed by atoms with Crippen LogP contribution in [0.4, 0.5) is 0 Å². The zero-order valence-electron chi connectivity index (χ0n) is 9.39. The average molecular weight is 230 g/mol. The average Bonchev–Trinajstić information content (AvgIpc) is 2.60. The Bertz CT molecular complexity index is 270. The van der Waals surface area contributed by atoms with Gasteiger partial charge in [0.1, 0.15) is 6.61 Å². The molecule has 0 saturated carbocycles. The van der Waals surface area contributed by atoms with E-state index >= 15 is 0 Å². The van der Waals surface area contributed by atoms with Crippen LogP contribution in [0.3, 0.4) is 0 Å². The number of hydrogen-bond acceptors (Lipinski definition) is 4. The van der Waals surface area contributed by atoms with Crippen LogP contribution in [0, 0.1) is 11.8 Å². The highest BCUT2D eigenvalue weighted by Crippen LogP contribution is 2.22. The van der Waals surface area contributed by atoms with E-state index in [1.807, 2.05) is 6.92 Å². The fourth-order valence-electron chi connectivity index (χ4n) is 1.83. The Morgan fingerprint density at radius 2 is 2.19 bits per heavy atom. The SMILES string of the molecule is CC1CN(C(=O)COCCN)CC1C(=O)O. The van der Waals surface area contributed by atoms with Gasteiger partial charge in [-0.15, -0.1) is 0 Å². The molecule has 0 spiro atoms. The first kappa shape index (κ1) is 12.9. The molecule has 3 N–H and O–H groups in total. The summed E-state index contributed by atoms with van der Waals surface area (Å²) in [5, 5.41) is 8.91. The Morgan fingerprint density at radius 1 is 1.50 bits per heavy atom. The summed E-state index contributed by atoms with van der Waals surface area (Å²) >= 11 is 0. The predicted molar refractivity (Wildman–Crippen MR) is 56.7 cm³/mol. The molecule has 0 radical (unpaired) electrons. The molecule has 0 aromatic carbocycles. The zero-order valence-corrected chi connectivity index (χ0v) is 9.39. The van der Waals surface area contributed by atoms with Crippen molar-refractivity contribution in [2.24, 2.45) is 17.6 Å². The summed E-state index contributed by atoms with van der Waals surface area (Å²) in [5.74, 6) is -1.47. The number of likely N-dealkylation sites (tertiary alicyclic amines) is 1. The van der Waals surface area contributed by atoms with E-state index in [-0.39, 0.29) is 25.0 Å². The maximum atomic E-state index is 11.6. The highest BCUT2D eigenvalue weighted by Gasteiger charge is 2.36. The molecular weight excluding hydrogens is 212 g/mol. The van der Waals surface area contributed by atoms with Crippen LogP contribution in [-0.4, -0.2) is 54.7 Å². The Labute approximate surface area is 94.3 Å². The van der Waals surface area contributed by atoms with Gasteiger partial charge in [0, 0.05) is 19.6 Å². The fraction of sp³-hybridized carbons (Fsp3) is 0.800. The summed E-state index contributed by atoms with van der Waals surface area (Å²) < 4.78 is 5.02. The Hall–Kier alpha value is -1.14. The first-order chi connectivity index (χ1) is 7.56. The van der Waals surface area contributed by atoms with Crippen LogP contribution in [-0.2, 0) is 14.3 Å². The molecule has 16 heavy (non-hydrogen) atoms. The molecule has 92 valence electrons. The van der Waals surface area contributed by atoms with Gasteiger partial charge in [-0.2, -0.15) is 0 Å². The number of nitrogens with zero attached hydrogens (tertiary/aromatic N) is 1. The molecule has 2 unspecified atom stereocenters. The molecule has 2 atom stereocenters. The van der Waals surface area contributed by atoms with Gasteiger partial charge in [0.05, 0.1) is 12.5 Å². The molecule has 1 fully saturated rings. The maximum absolute atomic E-state index is 11.6. The quantitative estimate of drug-likeness (QED) is 0.599. The third kappa shape index (κ3) is 3.18. The van der Waals surface area contributed by atoms with Gasteiger partial charge in [-0.25, -0.2) is 0 Å². The maximum Gasteiger partial charge on any atom is 0.308 e. The van der Waals surface area contributed by atoms with E-state index in [4.69, 9.17) is 15.6 Å². The van der Waals surface area contributed by atoms with Crippen LogP contribution in [0.5, 0.6) is 0 Å². The Kier molecular flexibility index (Phi) is 4.70. The van der Waals surface area contributed by atoms with E-state index < -0.39 is 11.9 Å². The van der Waals surface area contributed by atoms with Crippen molar-refractivity contribution in [2.75, 3.05) is 32.8 Å². The lowest BCUT2D eigenvalue weighted by Crippen LogP contribution is -2.33. The number of hydrogen-bond donors (Lipinski definition) is 2. The lowest BCUT2D eigenvalue weighted by Gasteiger charge is -2.15. The molecule has 1 heterocycles. The first-order valence-corrected chi connectivity index (χ1v) is 5.34. The largest absolute Gasteiger partial charge is 0.481 e. The summed E-state index contributed by atoms with van der Waals surface area (Å²) in [6, 6.07) is 0. The van der Waals surface area contributed by atoms with E-state index in [1.165, 1.54) is 0 Å². The second-order valence-corrected chi connectivity index (χ2v) is 4.06. The molecule has 1 aliphatic rings. The van der Waals surface area contributed by atoms with Gasteiger partial charge in [-0.05, 0) is 5.92 Å². The van der Waals surface area contributed by atoms with Crippen molar-refractivity contribution in [2.45, 2.75) is 6.92 Å². The Morgan fingerprint density at radius 3 is 2.69 bits per heavy atom. The van der Waals surface area contributed by atoms with Crippen LogP contribution in [0.25, 0.3) is 0 Å². The smallest absolute Gasteiger partial charge is 0.308 e. The van der Waals surface area contributed by atoms with Crippen molar-refractivity contribution < 1.29 is 19.4 Å². The minimum atomic E-state index is -0.842. The highest BCUT2D eigenvalue weighted by atomic mass is 16.5. The summed E-state index contributed by atoms with van der Waals surface area (Å²) in [4.78, 5) is 24.0. The summed E-state index contributed by atoms with van der Waals surface area (Å²) in [6.07, 6.45) is 0. The number of rotatable bonds is 5. The summed E-state index contributed by atoms with van der Waals surface area (Å²) in [6.45, 7) is 3.31. The molecule has 0 bridgehead atoms. The molecular formula is C10H18N2O4. The number of carboxylic acid groups (broad SMARTS) is 1. The standard InChI is InChI=1S/C10H18N2O4/c1-7-4-12(5-8(7)10(14)15)9(13)6-16-3-2-11/h7-8H,2-6,11H2,1H3,(H,14,15). The second kappa shape index (κ2) is 5.81. The van der Waals surface area contributed by atoms with Crippen molar-refractivity contribution >= 4 is 11.9 Å². The molecule has 1 amide bonds. The lowest BCUT2D eigenvalue weighted by molar-refractivity contribution is -0.142. The van der Waals surface area contributed by atoms with Crippen LogP contribution >= 0.6 is 0 Å². The molecule has 1 rings (SSSR count). The second-order valence-electron chi connectivity index (χ2n) is 4.06. The van der Waals surface area contributed by atoms with Crippen molar-refractivity contribution in [3.8, 4) is 0 Å². The third-order valence-electron chi connectivity index (χ3n) is 2.77. The highest BCUT2D eigenvalue weighted by molar-refractivity contribution is 5.79. The molecule has 6 nitrogen and oxygen atoms in total. The minimum absolute atomic E-state index is 0.00374. The van der Waals surface area contributed by atoms with Crippen molar-refractivity contribution in [3.05, 3.63) is 0 Å². The number of carboxylic acids is 1. The third-order valence-corrected chi connectivity index (χ3v) is 2.77. The topological polar surface area (TPSA) is 92.9 Å². The van der Waals surface area contributed by atoms with E-state index in [9.17, 15) is 9.59 Å². The van der Waals surface area contributed by atoms with E-state index in [1.54, 1.807) is 4.90 Å². The summed E-state index contributed by atoms with van der Waals surface area (Å²) in [5.41, 5.74) is 5.22. The number of aliphatic carboxylic acids is 1. The van der Waals surface area contributed by atoms with Crippen LogP contribution < -0.4 is 5.73 Å². The number of amides is 1. The molecule has 0 aliphatic carbocycles. The number of nitrogens with two attached hydrogens (primary N) is 1. The molecule has 6 heteroatoms. The number of carbonyl (C=O) groups excluding carboxylic acids is 1. The van der Waals surface area contributed by atoms with Gasteiger partial charge in [-0.1, -0.05) is 6.92 Å². The van der Waals surface area contributed by atoms with E-state index in [0.717, 1.165) is 0 Å². The van der Waals surface area contributed by atoms with E-state index in [2.05, 4.69) is 0 Å². The van der Waals surface area contributed by atoms with Crippen molar-refractivity contribution in [1.29, 1.82) is 0 Å². The molecule has 0 aromatic rings. The molecule has 1 saturated heterocycles. The summed E-state index contributed by atoms with van der Waals surface area (Å²) in [7, 11) is 0. The van der Waals surface area contributed by atoms with Gasteiger partial charge in [0.15, 0.2) is 0 Å². The normalized spacial score (nSPS) is 24.8. The van der Waals surface area contributed by atoms with Crippen LogP contribution in [0.1, 0.15) is 6.92 Å². The molecule has 0 aromatic heterocycles. The fourth-order valence-corrected chi connectivity index (χ4v) is 1.83.